The zero-order valence-corrected chi connectivity index (χ0v) is 10.9. The highest BCUT2D eigenvalue weighted by molar-refractivity contribution is 5.40. The van der Waals surface area contributed by atoms with Crippen molar-refractivity contribution >= 4 is 0 Å². The summed E-state index contributed by atoms with van der Waals surface area (Å²) >= 11 is 0. The van der Waals surface area contributed by atoms with Gasteiger partial charge in [0.1, 0.15) is 0 Å². The molecule has 1 heterocycles. The lowest BCUT2D eigenvalue weighted by atomic mass is 9.95. The smallest absolute Gasteiger partial charge is 0.0652 e. The predicted molar refractivity (Wildman–Crippen MR) is 72.8 cm³/mol. The molecular formula is C15H19N3. The fraction of sp³-hybridized carbons (Fsp3) is 0.400. The minimum absolute atomic E-state index is 0.317. The van der Waals surface area contributed by atoms with E-state index in [0.717, 1.165) is 11.3 Å². The van der Waals surface area contributed by atoms with Gasteiger partial charge in [0.15, 0.2) is 0 Å². The van der Waals surface area contributed by atoms with E-state index in [9.17, 15) is 0 Å². The predicted octanol–water partition coefficient (Wildman–Crippen LogP) is 2.94. The van der Waals surface area contributed by atoms with Gasteiger partial charge in [-0.1, -0.05) is 12.1 Å². The third-order valence-electron chi connectivity index (χ3n) is 3.50. The Labute approximate surface area is 108 Å². The summed E-state index contributed by atoms with van der Waals surface area (Å²) in [5.74, 6) is 0.696. The molecule has 1 aliphatic rings. The Morgan fingerprint density at radius 2 is 2.06 bits per heavy atom. The fourth-order valence-corrected chi connectivity index (χ4v) is 2.26. The topological polar surface area (TPSA) is 43.8 Å². The number of hydrogen-bond acceptors (Lipinski definition) is 2. The van der Waals surface area contributed by atoms with Gasteiger partial charge >= 0.3 is 0 Å². The Morgan fingerprint density at radius 3 is 2.72 bits per heavy atom. The quantitative estimate of drug-likeness (QED) is 0.897. The molecular weight excluding hydrogens is 222 g/mol. The SMILES string of the molecule is CC(C)(N)c1cccc(-n2nccc2C2CC2)c1. The first-order chi connectivity index (χ1) is 8.55. The van der Waals surface area contributed by atoms with Gasteiger partial charge in [-0.05, 0) is 50.5 Å². The Kier molecular flexibility index (Phi) is 2.52. The molecule has 1 aliphatic carbocycles. The lowest BCUT2D eigenvalue weighted by Gasteiger charge is -2.20. The fourth-order valence-electron chi connectivity index (χ4n) is 2.26. The van der Waals surface area contributed by atoms with Gasteiger partial charge < -0.3 is 5.73 Å². The summed E-state index contributed by atoms with van der Waals surface area (Å²) in [5, 5.41) is 4.45. The number of hydrogen-bond donors (Lipinski definition) is 1. The standard InChI is InChI=1S/C15H19N3/c1-15(2,16)12-4-3-5-13(10-12)18-14(8-9-17-18)11-6-7-11/h3-5,8-11H,6-7,16H2,1-2H3. The van der Waals surface area contributed by atoms with E-state index >= 15 is 0 Å². The molecule has 0 saturated heterocycles. The van der Waals surface area contributed by atoms with Crippen LogP contribution in [0.15, 0.2) is 36.5 Å². The van der Waals surface area contributed by atoms with Gasteiger partial charge in [-0.3, -0.25) is 0 Å². The van der Waals surface area contributed by atoms with Crippen LogP contribution in [0.25, 0.3) is 5.69 Å². The Bertz CT molecular complexity index is 559. The third-order valence-corrected chi connectivity index (χ3v) is 3.50. The van der Waals surface area contributed by atoms with Crippen LogP contribution in [0, 0.1) is 0 Å². The van der Waals surface area contributed by atoms with Crippen LogP contribution in [-0.4, -0.2) is 9.78 Å². The molecule has 0 spiro atoms. The van der Waals surface area contributed by atoms with E-state index in [0.29, 0.717) is 5.92 Å². The largest absolute Gasteiger partial charge is 0.322 e. The van der Waals surface area contributed by atoms with E-state index in [-0.39, 0.29) is 5.54 Å². The summed E-state index contributed by atoms with van der Waals surface area (Å²) in [4.78, 5) is 0. The second-order valence-electron chi connectivity index (χ2n) is 5.71. The molecule has 0 amide bonds. The minimum Gasteiger partial charge on any atom is -0.322 e. The molecule has 0 bridgehead atoms. The average molecular weight is 241 g/mol. The Balaban J connectivity index is 2.03. The lowest BCUT2D eigenvalue weighted by molar-refractivity contribution is 0.553. The molecule has 3 nitrogen and oxygen atoms in total. The zero-order valence-electron chi connectivity index (χ0n) is 10.9. The maximum Gasteiger partial charge on any atom is 0.0652 e. The minimum atomic E-state index is -0.317. The summed E-state index contributed by atoms with van der Waals surface area (Å²) in [7, 11) is 0. The first-order valence-electron chi connectivity index (χ1n) is 6.49. The van der Waals surface area contributed by atoms with E-state index in [1.54, 1.807) is 0 Å². The molecule has 2 aromatic rings. The van der Waals surface area contributed by atoms with Crippen LogP contribution in [0.2, 0.25) is 0 Å². The molecule has 3 heteroatoms. The number of nitrogens with zero attached hydrogens (tertiary/aromatic N) is 2. The first-order valence-corrected chi connectivity index (χ1v) is 6.49. The van der Waals surface area contributed by atoms with Crippen LogP contribution in [0.5, 0.6) is 0 Å². The summed E-state index contributed by atoms with van der Waals surface area (Å²) in [6, 6.07) is 10.5. The highest BCUT2D eigenvalue weighted by Gasteiger charge is 2.27. The van der Waals surface area contributed by atoms with E-state index in [1.807, 2.05) is 24.7 Å². The molecule has 0 aliphatic heterocycles. The van der Waals surface area contributed by atoms with Crippen molar-refractivity contribution in [2.24, 2.45) is 5.73 Å². The number of benzene rings is 1. The second kappa shape index (κ2) is 3.95. The average Bonchev–Trinajstić information content (AvgIpc) is 3.06. The summed E-state index contributed by atoms with van der Waals surface area (Å²) in [6.45, 7) is 4.05. The highest BCUT2D eigenvalue weighted by atomic mass is 15.3. The van der Waals surface area contributed by atoms with Crippen molar-refractivity contribution in [2.75, 3.05) is 0 Å². The Hall–Kier alpha value is -1.61. The monoisotopic (exact) mass is 241 g/mol. The van der Waals surface area contributed by atoms with E-state index in [4.69, 9.17) is 5.73 Å². The normalized spacial score (nSPS) is 15.9. The van der Waals surface area contributed by atoms with Crippen LogP contribution in [-0.2, 0) is 5.54 Å². The zero-order chi connectivity index (χ0) is 12.8. The lowest BCUT2D eigenvalue weighted by Crippen LogP contribution is -2.28. The number of rotatable bonds is 3. The molecule has 3 rings (SSSR count). The molecule has 1 saturated carbocycles. The van der Waals surface area contributed by atoms with Gasteiger partial charge in [0.2, 0.25) is 0 Å². The van der Waals surface area contributed by atoms with Crippen LogP contribution >= 0.6 is 0 Å². The second-order valence-corrected chi connectivity index (χ2v) is 5.71. The Morgan fingerprint density at radius 1 is 1.28 bits per heavy atom. The summed E-state index contributed by atoms with van der Waals surface area (Å²) in [6.07, 6.45) is 4.45. The highest BCUT2D eigenvalue weighted by Crippen LogP contribution is 2.40. The van der Waals surface area contributed by atoms with Crippen LogP contribution in [0.4, 0.5) is 0 Å². The maximum absolute atomic E-state index is 6.16. The van der Waals surface area contributed by atoms with Gasteiger partial charge in [0.25, 0.3) is 0 Å². The van der Waals surface area contributed by atoms with E-state index in [2.05, 4.69) is 35.4 Å². The first kappa shape index (κ1) is 11.5. The van der Waals surface area contributed by atoms with Gasteiger partial charge in [-0.25, -0.2) is 4.68 Å². The van der Waals surface area contributed by atoms with Crippen molar-refractivity contribution in [3.8, 4) is 5.69 Å². The van der Waals surface area contributed by atoms with Crippen LogP contribution < -0.4 is 5.73 Å². The van der Waals surface area contributed by atoms with Gasteiger partial charge in [-0.2, -0.15) is 5.10 Å². The van der Waals surface area contributed by atoms with E-state index in [1.165, 1.54) is 18.5 Å². The molecule has 0 radical (unpaired) electrons. The van der Waals surface area contributed by atoms with Crippen molar-refractivity contribution in [3.05, 3.63) is 47.8 Å². The molecule has 1 aromatic heterocycles. The van der Waals surface area contributed by atoms with Crippen LogP contribution in [0.3, 0.4) is 0 Å². The molecule has 0 atom stereocenters. The molecule has 18 heavy (non-hydrogen) atoms. The summed E-state index contributed by atoms with van der Waals surface area (Å²) in [5.41, 5.74) is 9.41. The molecule has 2 N–H and O–H groups in total. The van der Waals surface area contributed by atoms with Gasteiger partial charge in [-0.15, -0.1) is 0 Å². The van der Waals surface area contributed by atoms with Crippen molar-refractivity contribution in [1.29, 1.82) is 0 Å². The third kappa shape index (κ3) is 2.06. The maximum atomic E-state index is 6.16. The number of aromatic nitrogens is 2. The molecule has 94 valence electrons. The number of nitrogens with two attached hydrogens (primary N) is 1. The molecule has 1 aromatic carbocycles. The van der Waals surface area contributed by atoms with Crippen molar-refractivity contribution in [1.82, 2.24) is 9.78 Å². The van der Waals surface area contributed by atoms with Crippen molar-refractivity contribution in [2.45, 2.75) is 38.1 Å². The molecule has 0 unspecified atom stereocenters. The van der Waals surface area contributed by atoms with Gasteiger partial charge in [0.05, 0.1) is 5.69 Å². The van der Waals surface area contributed by atoms with Gasteiger partial charge in [0, 0.05) is 23.3 Å². The van der Waals surface area contributed by atoms with E-state index < -0.39 is 0 Å². The van der Waals surface area contributed by atoms with Crippen LogP contribution in [0.1, 0.15) is 43.9 Å². The van der Waals surface area contributed by atoms with Crippen molar-refractivity contribution in [3.63, 3.8) is 0 Å². The molecule has 1 fully saturated rings. The van der Waals surface area contributed by atoms with Crippen molar-refractivity contribution < 1.29 is 0 Å². The summed E-state index contributed by atoms with van der Waals surface area (Å²) < 4.78 is 2.05.